The Morgan fingerprint density at radius 1 is 1.06 bits per heavy atom. The van der Waals surface area contributed by atoms with Crippen molar-refractivity contribution < 1.29 is 13.2 Å². The van der Waals surface area contributed by atoms with Crippen molar-refractivity contribution in [2.75, 3.05) is 10.8 Å². The number of hydrazone groups is 1. The lowest BCUT2D eigenvalue weighted by Gasteiger charge is -2.34. The van der Waals surface area contributed by atoms with Crippen LogP contribution < -0.4 is 9.73 Å². The van der Waals surface area contributed by atoms with E-state index >= 15 is 0 Å². The molecule has 0 radical (unpaired) electrons. The highest BCUT2D eigenvalue weighted by Gasteiger charge is 2.29. The first-order valence-electron chi connectivity index (χ1n) is 10.8. The van der Waals surface area contributed by atoms with Crippen molar-refractivity contribution in [2.24, 2.45) is 16.4 Å². The number of hydrogen-bond acceptors (Lipinski definition) is 4. The maximum Gasteiger partial charge on any atom is 0.264 e. The highest BCUT2D eigenvalue weighted by molar-refractivity contribution is 7.92. The lowest BCUT2D eigenvalue weighted by Crippen LogP contribution is -2.40. The second-order valence-corrected chi connectivity index (χ2v) is 12.0. The van der Waals surface area contributed by atoms with Gasteiger partial charge in [-0.15, -0.1) is 0 Å². The van der Waals surface area contributed by atoms with Gasteiger partial charge in [-0.2, -0.15) is 5.10 Å². The van der Waals surface area contributed by atoms with Crippen molar-refractivity contribution in [2.45, 2.75) is 51.3 Å². The zero-order chi connectivity index (χ0) is 24.2. The first-order valence-corrected chi connectivity index (χ1v) is 13.0. The van der Waals surface area contributed by atoms with Crippen LogP contribution in [0.3, 0.4) is 0 Å². The van der Waals surface area contributed by atoms with Crippen LogP contribution in [0, 0.1) is 11.3 Å². The normalized spacial score (nSPS) is 16.9. The number of nitrogens with zero attached hydrogens (tertiary/aromatic N) is 2. The van der Waals surface area contributed by atoms with Crippen LogP contribution in [0.4, 0.5) is 5.69 Å². The van der Waals surface area contributed by atoms with Gasteiger partial charge in [-0.3, -0.25) is 9.10 Å². The lowest BCUT2D eigenvalue weighted by atomic mass is 9.72. The van der Waals surface area contributed by atoms with E-state index < -0.39 is 22.5 Å². The van der Waals surface area contributed by atoms with E-state index in [4.69, 9.17) is 23.2 Å². The number of sulfonamides is 1. The summed E-state index contributed by atoms with van der Waals surface area (Å²) in [5.74, 6) is 0.0716. The van der Waals surface area contributed by atoms with Crippen LogP contribution in [-0.4, -0.2) is 26.6 Å². The van der Waals surface area contributed by atoms with Gasteiger partial charge in [0.1, 0.15) is 6.54 Å². The van der Waals surface area contributed by atoms with Gasteiger partial charge < -0.3 is 0 Å². The molecule has 3 rings (SSSR count). The van der Waals surface area contributed by atoms with Crippen molar-refractivity contribution in [1.82, 2.24) is 5.43 Å². The Kier molecular flexibility index (Phi) is 8.08. The summed E-state index contributed by atoms with van der Waals surface area (Å²) in [5, 5.41) is 4.81. The van der Waals surface area contributed by atoms with Crippen LogP contribution in [0.15, 0.2) is 58.5 Å². The number of benzene rings is 2. The number of amides is 1. The molecule has 2 aromatic rings. The van der Waals surface area contributed by atoms with Gasteiger partial charge in [-0.1, -0.05) is 62.2 Å². The van der Waals surface area contributed by atoms with Crippen molar-refractivity contribution in [3.8, 4) is 0 Å². The Hall–Kier alpha value is -2.09. The van der Waals surface area contributed by atoms with Gasteiger partial charge in [0.05, 0.1) is 10.6 Å². The number of hydrogen-bond donors (Lipinski definition) is 1. The minimum atomic E-state index is -4.04. The topological polar surface area (TPSA) is 78.8 Å². The minimum absolute atomic E-state index is 0.0562. The summed E-state index contributed by atoms with van der Waals surface area (Å²) in [4.78, 5) is 12.8. The van der Waals surface area contributed by atoms with Crippen LogP contribution in [0.25, 0.3) is 0 Å². The first-order chi connectivity index (χ1) is 15.5. The molecule has 0 spiro atoms. The molecule has 0 atom stereocenters. The lowest BCUT2D eigenvalue weighted by molar-refractivity contribution is -0.119. The standard InChI is InChI=1S/C24H29Cl2N3O3S/c1-24(2,3)17-9-11-20(12-10-17)27-28-23(30)16-29(21-14-18(25)13-19(26)15-21)33(31,32)22-7-5-4-6-8-22/h4-8,13-15,17H,9-12,16H2,1-3H3,(H,28,30). The SMILES string of the molecule is CC(C)(C)C1CCC(=NNC(=O)CN(c2cc(Cl)cc(Cl)c2)S(=O)(=O)c2ccccc2)CC1. The zero-order valence-corrected chi connectivity index (χ0v) is 21.3. The summed E-state index contributed by atoms with van der Waals surface area (Å²) < 4.78 is 27.7. The highest BCUT2D eigenvalue weighted by Crippen LogP contribution is 2.36. The zero-order valence-electron chi connectivity index (χ0n) is 19.0. The summed E-state index contributed by atoms with van der Waals surface area (Å²) in [7, 11) is -4.04. The van der Waals surface area contributed by atoms with Crippen LogP contribution in [-0.2, 0) is 14.8 Å². The Morgan fingerprint density at radius 2 is 1.64 bits per heavy atom. The fourth-order valence-electron chi connectivity index (χ4n) is 3.95. The Morgan fingerprint density at radius 3 is 2.18 bits per heavy atom. The number of anilines is 1. The maximum atomic E-state index is 13.4. The van der Waals surface area contributed by atoms with Gasteiger partial charge in [0.15, 0.2) is 0 Å². The highest BCUT2D eigenvalue weighted by atomic mass is 35.5. The molecule has 2 aromatic carbocycles. The molecule has 0 aromatic heterocycles. The number of carbonyl (C=O) groups is 1. The predicted octanol–water partition coefficient (Wildman–Crippen LogP) is 5.90. The quantitative estimate of drug-likeness (QED) is 0.492. The summed E-state index contributed by atoms with van der Waals surface area (Å²) in [6.45, 7) is 6.26. The van der Waals surface area contributed by atoms with Crippen molar-refractivity contribution in [3.05, 3.63) is 58.6 Å². The van der Waals surface area contributed by atoms with Gasteiger partial charge in [0.25, 0.3) is 15.9 Å². The third kappa shape index (κ3) is 6.71. The molecule has 1 aliphatic rings. The maximum absolute atomic E-state index is 13.4. The van der Waals surface area contributed by atoms with Gasteiger partial charge in [-0.25, -0.2) is 13.8 Å². The largest absolute Gasteiger partial charge is 0.271 e. The van der Waals surface area contributed by atoms with E-state index in [-0.39, 0.29) is 26.0 Å². The van der Waals surface area contributed by atoms with Gasteiger partial charge in [-0.05, 0) is 67.3 Å². The number of halogens is 2. The van der Waals surface area contributed by atoms with Crippen LogP contribution in [0.2, 0.25) is 10.0 Å². The molecular weight excluding hydrogens is 481 g/mol. The van der Waals surface area contributed by atoms with E-state index in [9.17, 15) is 13.2 Å². The minimum Gasteiger partial charge on any atom is -0.271 e. The van der Waals surface area contributed by atoms with E-state index in [1.54, 1.807) is 18.2 Å². The van der Waals surface area contributed by atoms with Crippen LogP contribution in [0.5, 0.6) is 0 Å². The average molecular weight is 510 g/mol. The summed E-state index contributed by atoms with van der Waals surface area (Å²) >= 11 is 12.2. The third-order valence-corrected chi connectivity index (χ3v) is 8.10. The molecule has 178 valence electrons. The molecule has 1 saturated carbocycles. The third-order valence-electron chi connectivity index (χ3n) is 5.88. The van der Waals surface area contributed by atoms with Crippen molar-refractivity contribution >= 4 is 50.5 Å². The molecule has 0 bridgehead atoms. The predicted molar refractivity (Wildman–Crippen MR) is 134 cm³/mol. The smallest absolute Gasteiger partial charge is 0.264 e. The fraction of sp³-hybridized carbons (Fsp3) is 0.417. The number of nitrogens with one attached hydrogen (secondary N) is 1. The molecule has 6 nitrogen and oxygen atoms in total. The molecule has 0 aliphatic heterocycles. The Bertz CT molecular complexity index is 1100. The fourth-order valence-corrected chi connectivity index (χ4v) is 5.89. The van der Waals surface area contributed by atoms with E-state index in [0.717, 1.165) is 35.7 Å². The van der Waals surface area contributed by atoms with Gasteiger partial charge in [0.2, 0.25) is 0 Å². The second-order valence-electron chi connectivity index (χ2n) is 9.31. The molecule has 1 aliphatic carbocycles. The monoisotopic (exact) mass is 509 g/mol. The summed E-state index contributed by atoms with van der Waals surface area (Å²) in [6, 6.07) is 12.3. The van der Waals surface area contributed by atoms with E-state index in [1.807, 2.05) is 0 Å². The summed E-state index contributed by atoms with van der Waals surface area (Å²) in [5.41, 5.74) is 3.91. The molecule has 1 N–H and O–H groups in total. The van der Waals surface area contributed by atoms with E-state index in [1.165, 1.54) is 30.3 Å². The molecular formula is C24H29Cl2N3O3S. The first kappa shape index (κ1) is 25.5. The number of rotatable bonds is 6. The van der Waals surface area contributed by atoms with Gasteiger partial charge in [0, 0.05) is 15.8 Å². The molecule has 0 heterocycles. The molecule has 9 heteroatoms. The molecule has 1 amide bonds. The van der Waals surface area contributed by atoms with Crippen molar-refractivity contribution in [3.63, 3.8) is 0 Å². The Balaban J connectivity index is 1.79. The van der Waals surface area contributed by atoms with Crippen LogP contribution >= 0.6 is 23.2 Å². The second kappa shape index (κ2) is 10.5. The average Bonchev–Trinajstić information content (AvgIpc) is 2.75. The van der Waals surface area contributed by atoms with Crippen molar-refractivity contribution in [1.29, 1.82) is 0 Å². The van der Waals surface area contributed by atoms with E-state index in [0.29, 0.717) is 5.92 Å². The van der Waals surface area contributed by atoms with Gasteiger partial charge >= 0.3 is 0 Å². The van der Waals surface area contributed by atoms with Crippen LogP contribution in [0.1, 0.15) is 46.5 Å². The molecule has 1 fully saturated rings. The summed E-state index contributed by atoms with van der Waals surface area (Å²) in [6.07, 6.45) is 3.68. The van der Waals surface area contributed by atoms with E-state index in [2.05, 4.69) is 31.3 Å². The number of carbonyl (C=O) groups excluding carboxylic acids is 1. The molecule has 0 saturated heterocycles. The Labute approximate surface area is 206 Å². The molecule has 0 unspecified atom stereocenters. The molecule has 33 heavy (non-hydrogen) atoms.